The number of aliphatic carboxylic acids is 1. The number of benzene rings is 3. The van der Waals surface area contributed by atoms with Gasteiger partial charge < -0.3 is 26.0 Å². The van der Waals surface area contributed by atoms with Crippen molar-refractivity contribution in [1.29, 1.82) is 0 Å². The first kappa shape index (κ1) is 26.2. The van der Waals surface area contributed by atoms with Crippen LogP contribution in [0.1, 0.15) is 28.4 Å². The van der Waals surface area contributed by atoms with E-state index in [0.29, 0.717) is 5.69 Å². The van der Waals surface area contributed by atoms with Crippen LogP contribution in [0.2, 0.25) is 0 Å². The first-order chi connectivity index (χ1) is 18.3. The maximum absolute atomic E-state index is 13.0. The summed E-state index contributed by atoms with van der Waals surface area (Å²) >= 11 is 0. The number of carbonyl (C=O) groups excluding carboxylic acids is 3. The minimum absolute atomic E-state index is 0.150. The van der Waals surface area contributed by atoms with E-state index < -0.39 is 29.9 Å². The largest absolute Gasteiger partial charge is 0.480 e. The number of carboxylic acids is 1. The third kappa shape index (κ3) is 6.64. The molecule has 0 fully saturated rings. The molecule has 0 radical (unpaired) electrons. The predicted octanol–water partition coefficient (Wildman–Crippen LogP) is 3.28. The molecule has 0 aliphatic carbocycles. The maximum atomic E-state index is 13.0. The summed E-state index contributed by atoms with van der Waals surface area (Å²) in [5.74, 6) is -2.41. The van der Waals surface area contributed by atoms with E-state index in [1.165, 1.54) is 19.1 Å². The Hall–Kier alpha value is -4.92. The molecule has 0 aliphatic rings. The lowest BCUT2D eigenvalue weighted by atomic mass is 10.0. The lowest BCUT2D eigenvalue weighted by molar-refractivity contribution is -0.139. The van der Waals surface area contributed by atoms with Gasteiger partial charge in [-0.05, 0) is 41.5 Å². The molecule has 1 aromatic heterocycles. The van der Waals surface area contributed by atoms with Gasteiger partial charge in [0.25, 0.3) is 5.91 Å². The first-order valence-electron chi connectivity index (χ1n) is 12.1. The van der Waals surface area contributed by atoms with Gasteiger partial charge in [0.05, 0.1) is 0 Å². The number of anilines is 1. The van der Waals surface area contributed by atoms with Crippen LogP contribution < -0.4 is 16.0 Å². The number of para-hydroxylation sites is 1. The number of aromatic amines is 1. The highest BCUT2D eigenvalue weighted by Crippen LogP contribution is 2.20. The third-order valence-corrected chi connectivity index (χ3v) is 6.09. The first-order valence-corrected chi connectivity index (χ1v) is 12.1. The minimum Gasteiger partial charge on any atom is -0.480 e. The zero-order chi connectivity index (χ0) is 27.1. The van der Waals surface area contributed by atoms with Gasteiger partial charge in [-0.25, -0.2) is 4.79 Å². The van der Waals surface area contributed by atoms with Crippen LogP contribution in [0.3, 0.4) is 0 Å². The number of aromatic nitrogens is 1. The molecule has 2 unspecified atom stereocenters. The molecule has 9 nitrogen and oxygen atoms in total. The SMILES string of the molecule is CC(=O)NC(Cc1c[nH]c2ccccc12)C(=O)Nc1ccc(C(=O)NC(Cc2ccccc2)C(=O)O)cc1. The molecule has 0 bridgehead atoms. The highest BCUT2D eigenvalue weighted by molar-refractivity contribution is 5.99. The van der Waals surface area contributed by atoms with Crippen molar-refractivity contribution in [3.8, 4) is 0 Å². The molecule has 194 valence electrons. The van der Waals surface area contributed by atoms with Gasteiger partial charge in [0.1, 0.15) is 12.1 Å². The fourth-order valence-corrected chi connectivity index (χ4v) is 4.20. The molecule has 0 saturated carbocycles. The normalized spacial score (nSPS) is 12.3. The topological polar surface area (TPSA) is 140 Å². The number of rotatable bonds is 10. The Morgan fingerprint density at radius 2 is 1.50 bits per heavy atom. The van der Waals surface area contributed by atoms with Crippen molar-refractivity contribution in [3.63, 3.8) is 0 Å². The molecule has 38 heavy (non-hydrogen) atoms. The molecule has 4 aromatic rings. The Morgan fingerprint density at radius 3 is 2.18 bits per heavy atom. The van der Waals surface area contributed by atoms with Crippen molar-refractivity contribution >= 4 is 40.3 Å². The average molecular weight is 513 g/mol. The van der Waals surface area contributed by atoms with E-state index in [-0.39, 0.29) is 24.3 Å². The van der Waals surface area contributed by atoms with Crippen LogP contribution in [0.15, 0.2) is 85.1 Å². The maximum Gasteiger partial charge on any atom is 0.326 e. The molecule has 2 atom stereocenters. The van der Waals surface area contributed by atoms with E-state index in [0.717, 1.165) is 22.0 Å². The standard InChI is InChI=1S/C29H28N4O5/c1-18(34)31-25(16-21-17-30-24-10-6-5-9-23(21)24)28(36)32-22-13-11-20(12-14-22)27(35)33-26(29(37)38)15-19-7-3-2-4-8-19/h2-14,17,25-26,30H,15-16H2,1H3,(H,31,34)(H,32,36)(H,33,35)(H,37,38). The lowest BCUT2D eigenvalue weighted by Crippen LogP contribution is -2.44. The van der Waals surface area contributed by atoms with Gasteiger partial charge in [-0.15, -0.1) is 0 Å². The van der Waals surface area contributed by atoms with Crippen molar-refractivity contribution in [1.82, 2.24) is 15.6 Å². The summed E-state index contributed by atoms with van der Waals surface area (Å²) < 4.78 is 0. The number of fused-ring (bicyclic) bond motifs is 1. The smallest absolute Gasteiger partial charge is 0.326 e. The minimum atomic E-state index is -1.13. The van der Waals surface area contributed by atoms with Gasteiger partial charge >= 0.3 is 5.97 Å². The second kappa shape index (κ2) is 11.9. The van der Waals surface area contributed by atoms with E-state index >= 15 is 0 Å². The Morgan fingerprint density at radius 1 is 0.816 bits per heavy atom. The third-order valence-electron chi connectivity index (χ3n) is 6.09. The quantitative estimate of drug-likeness (QED) is 0.222. The Labute approximate surface area is 219 Å². The zero-order valence-corrected chi connectivity index (χ0v) is 20.7. The van der Waals surface area contributed by atoms with Crippen molar-refractivity contribution < 1.29 is 24.3 Å². The lowest BCUT2D eigenvalue weighted by Gasteiger charge is -2.18. The Balaban J connectivity index is 1.41. The summed E-state index contributed by atoms with van der Waals surface area (Å²) in [7, 11) is 0. The highest BCUT2D eigenvalue weighted by atomic mass is 16.4. The van der Waals surface area contributed by atoms with Crippen LogP contribution >= 0.6 is 0 Å². The van der Waals surface area contributed by atoms with E-state index in [2.05, 4.69) is 20.9 Å². The van der Waals surface area contributed by atoms with Crippen LogP contribution in [0, 0.1) is 0 Å². The fourth-order valence-electron chi connectivity index (χ4n) is 4.20. The average Bonchev–Trinajstić information content (AvgIpc) is 3.31. The van der Waals surface area contributed by atoms with Gasteiger partial charge in [-0.3, -0.25) is 14.4 Å². The van der Waals surface area contributed by atoms with Crippen LogP contribution in [-0.2, 0) is 27.2 Å². The zero-order valence-electron chi connectivity index (χ0n) is 20.7. The van der Waals surface area contributed by atoms with Gasteiger partial charge in [-0.2, -0.15) is 0 Å². The molecule has 3 aromatic carbocycles. The number of carbonyl (C=O) groups is 4. The van der Waals surface area contributed by atoms with Crippen molar-refractivity contribution in [2.45, 2.75) is 31.8 Å². The molecule has 4 rings (SSSR count). The Bertz CT molecular complexity index is 1450. The van der Waals surface area contributed by atoms with Crippen LogP contribution in [0.25, 0.3) is 10.9 Å². The summed E-state index contributed by atoms with van der Waals surface area (Å²) in [6.45, 7) is 1.35. The number of amides is 3. The molecule has 5 N–H and O–H groups in total. The number of hydrogen-bond donors (Lipinski definition) is 5. The number of carboxylic acid groups (broad SMARTS) is 1. The van der Waals surface area contributed by atoms with Crippen molar-refractivity contribution in [3.05, 3.63) is 102 Å². The summed E-state index contributed by atoms with van der Waals surface area (Å²) in [5.41, 5.74) is 3.30. The molecule has 9 heteroatoms. The molecule has 0 saturated heterocycles. The summed E-state index contributed by atoms with van der Waals surface area (Å²) in [6, 6.07) is 20.9. The summed E-state index contributed by atoms with van der Waals surface area (Å²) in [5, 5.41) is 18.5. The van der Waals surface area contributed by atoms with Gasteiger partial charge in [0.2, 0.25) is 11.8 Å². The van der Waals surface area contributed by atoms with E-state index in [4.69, 9.17) is 0 Å². The molecule has 0 aliphatic heterocycles. The van der Waals surface area contributed by atoms with Gasteiger partial charge in [0.15, 0.2) is 0 Å². The highest BCUT2D eigenvalue weighted by Gasteiger charge is 2.23. The molecular formula is C29H28N4O5. The Kier molecular flexibility index (Phi) is 8.17. The summed E-state index contributed by atoms with van der Waals surface area (Å²) in [4.78, 5) is 52.4. The van der Waals surface area contributed by atoms with Crippen LogP contribution in [0.5, 0.6) is 0 Å². The molecule has 1 heterocycles. The number of nitrogens with one attached hydrogen (secondary N) is 4. The van der Waals surface area contributed by atoms with E-state index in [9.17, 15) is 24.3 Å². The van der Waals surface area contributed by atoms with E-state index in [1.54, 1.807) is 36.4 Å². The van der Waals surface area contributed by atoms with Crippen molar-refractivity contribution in [2.75, 3.05) is 5.32 Å². The second-order valence-corrected chi connectivity index (χ2v) is 8.94. The monoisotopic (exact) mass is 512 g/mol. The predicted molar refractivity (Wildman–Crippen MR) is 144 cm³/mol. The number of H-pyrrole nitrogens is 1. The van der Waals surface area contributed by atoms with Gasteiger partial charge in [-0.1, -0.05) is 48.5 Å². The second-order valence-electron chi connectivity index (χ2n) is 8.94. The van der Waals surface area contributed by atoms with Crippen LogP contribution in [0.4, 0.5) is 5.69 Å². The number of hydrogen-bond acceptors (Lipinski definition) is 4. The van der Waals surface area contributed by atoms with Gasteiger partial charge in [0, 0.05) is 48.1 Å². The van der Waals surface area contributed by atoms with E-state index in [1.807, 2.05) is 36.5 Å². The van der Waals surface area contributed by atoms with Crippen LogP contribution in [-0.4, -0.2) is 45.9 Å². The molecule has 3 amide bonds. The molecular weight excluding hydrogens is 484 g/mol. The molecule has 0 spiro atoms. The van der Waals surface area contributed by atoms with Crippen molar-refractivity contribution in [2.24, 2.45) is 0 Å². The summed E-state index contributed by atoms with van der Waals surface area (Å²) in [6.07, 6.45) is 2.26. The fraction of sp³-hybridized carbons (Fsp3) is 0.172.